The van der Waals surface area contributed by atoms with Crippen molar-refractivity contribution in [2.75, 3.05) is 47.4 Å². The Balaban J connectivity index is 1.18. The molecule has 8 heteroatoms. The van der Waals surface area contributed by atoms with Crippen molar-refractivity contribution in [3.63, 3.8) is 0 Å². The molecule has 7 nitrogen and oxygen atoms in total. The molecule has 1 N–H and O–H groups in total. The molecule has 5 aromatic rings. The minimum atomic E-state index is -0.895. The average Bonchev–Trinajstić information content (AvgIpc) is 3.83. The van der Waals surface area contributed by atoms with Gasteiger partial charge >= 0.3 is 0 Å². The first-order valence-corrected chi connectivity index (χ1v) is 19.2. The van der Waals surface area contributed by atoms with Gasteiger partial charge in [-0.05, 0) is 136 Å². The molecule has 4 aromatic carbocycles. The zero-order valence-electron chi connectivity index (χ0n) is 30.1. The van der Waals surface area contributed by atoms with Gasteiger partial charge in [0.2, 0.25) is 0 Å². The zero-order valence-corrected chi connectivity index (χ0v) is 30.9. The standard InChI is InChI=1S/C43H50N2O5S/c1-44(2)36-13-7-8-14-37(36)50-38-22-17-32(27-39(38)47-3)42(46)41-35-21-20-34(49-29-30-11-5-4-6-12-30)28-40(35)51-43(41)31-15-18-33(19-16-31)48-26-25-45-23-9-10-24-45/h4-6,11-12,15-22,27-28,36-37,42,46H,7-10,13-14,23-26,29H2,1-3H3/t36-,37-,42?/m0/s1. The van der Waals surface area contributed by atoms with Crippen LogP contribution >= 0.6 is 11.3 Å². The first-order chi connectivity index (χ1) is 25.0. The van der Waals surface area contributed by atoms with Crippen LogP contribution in [-0.4, -0.2) is 74.5 Å². The molecule has 1 saturated carbocycles. The Bertz CT molecular complexity index is 1870. The predicted octanol–water partition coefficient (Wildman–Crippen LogP) is 8.96. The number of likely N-dealkylation sites (tertiary alicyclic amines) is 1. The van der Waals surface area contributed by atoms with Crippen molar-refractivity contribution in [3.05, 3.63) is 108 Å². The molecule has 2 aliphatic rings. The number of benzene rings is 4. The van der Waals surface area contributed by atoms with E-state index in [0.717, 1.165) is 87.6 Å². The summed E-state index contributed by atoms with van der Waals surface area (Å²) in [5, 5.41) is 13.2. The summed E-state index contributed by atoms with van der Waals surface area (Å²) in [6.45, 7) is 4.45. The fourth-order valence-corrected chi connectivity index (χ4v) is 8.77. The van der Waals surface area contributed by atoms with E-state index in [4.69, 9.17) is 18.9 Å². The Morgan fingerprint density at radius 3 is 2.35 bits per heavy atom. The zero-order chi connectivity index (χ0) is 35.2. The molecular formula is C43H50N2O5S. The third-order valence-corrected chi connectivity index (χ3v) is 11.5. The molecule has 1 unspecified atom stereocenters. The van der Waals surface area contributed by atoms with Crippen molar-refractivity contribution in [1.82, 2.24) is 9.80 Å². The number of aliphatic hydroxyl groups excluding tert-OH is 1. The van der Waals surface area contributed by atoms with Gasteiger partial charge in [0.1, 0.15) is 36.9 Å². The van der Waals surface area contributed by atoms with E-state index in [0.29, 0.717) is 30.8 Å². The van der Waals surface area contributed by atoms with Gasteiger partial charge in [-0.25, -0.2) is 0 Å². The smallest absolute Gasteiger partial charge is 0.161 e. The number of aliphatic hydroxyl groups is 1. The third kappa shape index (κ3) is 8.36. The molecular weight excluding hydrogens is 657 g/mol. The number of thiophene rings is 1. The van der Waals surface area contributed by atoms with Crippen molar-refractivity contribution in [2.24, 2.45) is 0 Å². The largest absolute Gasteiger partial charge is 0.493 e. The van der Waals surface area contributed by atoms with Crippen molar-refractivity contribution in [3.8, 4) is 33.4 Å². The van der Waals surface area contributed by atoms with E-state index in [1.165, 1.54) is 19.3 Å². The molecule has 3 atom stereocenters. The van der Waals surface area contributed by atoms with Gasteiger partial charge in [-0.1, -0.05) is 42.8 Å². The lowest BCUT2D eigenvalue weighted by molar-refractivity contribution is 0.0601. The monoisotopic (exact) mass is 706 g/mol. The topological polar surface area (TPSA) is 63.6 Å². The molecule has 7 rings (SSSR count). The van der Waals surface area contributed by atoms with Crippen LogP contribution < -0.4 is 18.9 Å². The van der Waals surface area contributed by atoms with Gasteiger partial charge in [-0.15, -0.1) is 11.3 Å². The highest BCUT2D eigenvalue weighted by molar-refractivity contribution is 7.22. The van der Waals surface area contributed by atoms with E-state index in [-0.39, 0.29) is 6.10 Å². The molecule has 1 aromatic heterocycles. The van der Waals surface area contributed by atoms with Crippen molar-refractivity contribution >= 4 is 21.4 Å². The maximum Gasteiger partial charge on any atom is 0.161 e. The highest BCUT2D eigenvalue weighted by Crippen LogP contribution is 2.46. The summed E-state index contributed by atoms with van der Waals surface area (Å²) in [7, 11) is 5.92. The van der Waals surface area contributed by atoms with E-state index in [1.54, 1.807) is 18.4 Å². The van der Waals surface area contributed by atoms with Gasteiger partial charge in [0, 0.05) is 27.7 Å². The molecule has 0 bridgehead atoms. The van der Waals surface area contributed by atoms with Crippen LogP contribution in [0.25, 0.3) is 20.5 Å². The molecule has 1 aliphatic carbocycles. The SMILES string of the molecule is COc1cc(C(O)c2c(-c3ccc(OCCN4CCCC4)cc3)sc3cc(OCc4ccccc4)ccc23)ccc1O[C@H]1CCCC[C@@H]1N(C)C. The summed E-state index contributed by atoms with van der Waals surface area (Å²) in [6, 6.07) is 30.8. The molecule has 2 heterocycles. The van der Waals surface area contributed by atoms with Crippen LogP contribution in [0.5, 0.6) is 23.0 Å². The molecule has 2 fully saturated rings. The van der Waals surface area contributed by atoms with Crippen LogP contribution in [0, 0.1) is 0 Å². The number of hydrogen-bond acceptors (Lipinski definition) is 8. The second-order valence-electron chi connectivity index (χ2n) is 14.0. The van der Waals surface area contributed by atoms with Crippen LogP contribution in [0.15, 0.2) is 91.0 Å². The van der Waals surface area contributed by atoms with Gasteiger partial charge in [-0.3, -0.25) is 4.90 Å². The fraction of sp³-hybridized carbons (Fsp3) is 0.395. The first-order valence-electron chi connectivity index (χ1n) is 18.3. The van der Waals surface area contributed by atoms with E-state index in [2.05, 4.69) is 60.3 Å². The van der Waals surface area contributed by atoms with Gasteiger partial charge in [0.05, 0.1) is 7.11 Å². The van der Waals surface area contributed by atoms with E-state index in [9.17, 15) is 5.11 Å². The maximum atomic E-state index is 12.2. The summed E-state index contributed by atoms with van der Waals surface area (Å²) < 4.78 is 25.9. The number of nitrogens with zero attached hydrogens (tertiary/aromatic N) is 2. The quantitative estimate of drug-likeness (QED) is 0.124. The normalized spacial score (nSPS) is 18.6. The molecule has 51 heavy (non-hydrogen) atoms. The highest BCUT2D eigenvalue weighted by Gasteiger charge is 2.30. The van der Waals surface area contributed by atoms with Crippen LogP contribution in [0.3, 0.4) is 0 Å². The number of likely N-dealkylation sites (N-methyl/N-ethyl adjacent to an activating group) is 1. The first kappa shape index (κ1) is 35.3. The molecule has 0 amide bonds. The predicted molar refractivity (Wildman–Crippen MR) is 207 cm³/mol. The lowest BCUT2D eigenvalue weighted by Crippen LogP contribution is -2.44. The number of ether oxygens (including phenoxy) is 4. The Hall–Kier alpha value is -4.08. The minimum absolute atomic E-state index is 0.0938. The van der Waals surface area contributed by atoms with Crippen LogP contribution in [0.2, 0.25) is 0 Å². The third-order valence-electron chi connectivity index (χ3n) is 10.3. The summed E-state index contributed by atoms with van der Waals surface area (Å²) in [6.07, 6.45) is 6.27. The number of methoxy groups -OCH3 is 1. The highest BCUT2D eigenvalue weighted by atomic mass is 32.1. The molecule has 0 spiro atoms. The van der Waals surface area contributed by atoms with E-state index < -0.39 is 6.10 Å². The Morgan fingerprint density at radius 2 is 1.59 bits per heavy atom. The number of hydrogen-bond donors (Lipinski definition) is 1. The fourth-order valence-electron chi connectivity index (χ4n) is 7.50. The Labute approximate surface area is 306 Å². The Morgan fingerprint density at radius 1 is 0.824 bits per heavy atom. The molecule has 0 radical (unpaired) electrons. The van der Waals surface area contributed by atoms with Crippen LogP contribution in [-0.2, 0) is 6.61 Å². The number of rotatable bonds is 14. The molecule has 1 aliphatic heterocycles. The van der Waals surface area contributed by atoms with Gasteiger partial charge < -0.3 is 29.0 Å². The minimum Gasteiger partial charge on any atom is -0.493 e. The van der Waals surface area contributed by atoms with E-state index >= 15 is 0 Å². The second kappa shape index (κ2) is 16.5. The summed E-state index contributed by atoms with van der Waals surface area (Å²) in [5.74, 6) is 2.99. The summed E-state index contributed by atoms with van der Waals surface area (Å²) in [5.41, 5.74) is 3.76. The lowest BCUT2D eigenvalue weighted by Gasteiger charge is -2.36. The van der Waals surface area contributed by atoms with Crippen molar-refractivity contribution in [2.45, 2.75) is 63.4 Å². The average molecular weight is 707 g/mol. The number of fused-ring (bicyclic) bond motifs is 1. The maximum absolute atomic E-state index is 12.2. The van der Waals surface area contributed by atoms with Gasteiger partial charge in [-0.2, -0.15) is 0 Å². The molecule has 268 valence electrons. The van der Waals surface area contributed by atoms with Gasteiger partial charge in [0.15, 0.2) is 11.5 Å². The lowest BCUT2D eigenvalue weighted by atomic mass is 9.91. The summed E-state index contributed by atoms with van der Waals surface area (Å²) in [4.78, 5) is 5.74. The van der Waals surface area contributed by atoms with Crippen molar-refractivity contribution in [1.29, 1.82) is 0 Å². The van der Waals surface area contributed by atoms with Crippen molar-refractivity contribution < 1.29 is 24.1 Å². The second-order valence-corrected chi connectivity index (χ2v) is 15.0. The Kier molecular flexibility index (Phi) is 11.4. The van der Waals surface area contributed by atoms with Crippen LogP contribution in [0.1, 0.15) is 61.3 Å². The summed E-state index contributed by atoms with van der Waals surface area (Å²) >= 11 is 1.67. The van der Waals surface area contributed by atoms with E-state index in [1.807, 2.05) is 54.6 Å². The van der Waals surface area contributed by atoms with Crippen LogP contribution in [0.4, 0.5) is 0 Å². The van der Waals surface area contributed by atoms with Gasteiger partial charge in [0.25, 0.3) is 0 Å². The molecule has 1 saturated heterocycles.